The van der Waals surface area contributed by atoms with Crippen LogP contribution in [-0.2, 0) is 0 Å². The second kappa shape index (κ2) is 4.59. The molecule has 2 heterocycles. The van der Waals surface area contributed by atoms with E-state index in [0.29, 0.717) is 5.69 Å². The monoisotopic (exact) mass is 319 g/mol. The Kier molecular flexibility index (Phi) is 2.93. The van der Waals surface area contributed by atoms with Crippen molar-refractivity contribution >= 4 is 33.0 Å². The molecule has 0 atom stereocenters. The maximum absolute atomic E-state index is 6.02. The Balaban J connectivity index is 2.08. The first kappa shape index (κ1) is 11.5. The number of hydrogen-bond acceptors (Lipinski definition) is 3. The zero-order valence-corrected chi connectivity index (χ0v) is 11.8. The number of nitrogens with zero attached hydrogens (tertiary/aromatic N) is 2. The zero-order chi connectivity index (χ0) is 12.5. The van der Waals surface area contributed by atoms with Crippen molar-refractivity contribution in [2.24, 2.45) is 0 Å². The summed E-state index contributed by atoms with van der Waals surface area (Å²) in [6.45, 7) is 0. The summed E-state index contributed by atoms with van der Waals surface area (Å²) in [7, 11) is 0. The van der Waals surface area contributed by atoms with E-state index in [0.717, 1.165) is 21.4 Å². The van der Waals surface area contributed by atoms with Crippen LogP contribution in [0.25, 0.3) is 16.9 Å². The minimum atomic E-state index is 0.688. The average Bonchev–Trinajstić information content (AvgIpc) is 2.97. The maximum Gasteiger partial charge on any atom is 0.116 e. The van der Waals surface area contributed by atoms with Gasteiger partial charge in [0.1, 0.15) is 5.69 Å². The number of aromatic nitrogens is 2. The van der Waals surface area contributed by atoms with Gasteiger partial charge in [0, 0.05) is 15.4 Å². The Morgan fingerprint density at radius 1 is 1.28 bits per heavy atom. The van der Waals surface area contributed by atoms with Crippen LogP contribution in [0.5, 0.6) is 0 Å². The van der Waals surface area contributed by atoms with Gasteiger partial charge in [0.2, 0.25) is 0 Å². The molecule has 2 aromatic heterocycles. The number of thiophene rings is 1. The third-order valence-corrected chi connectivity index (χ3v) is 3.79. The quantitative estimate of drug-likeness (QED) is 0.777. The lowest BCUT2D eigenvalue weighted by molar-refractivity contribution is 0.884. The Morgan fingerprint density at radius 3 is 2.89 bits per heavy atom. The molecule has 3 rings (SSSR count). The van der Waals surface area contributed by atoms with Crippen LogP contribution < -0.4 is 5.73 Å². The number of rotatable bonds is 2. The first-order chi connectivity index (χ1) is 8.74. The van der Waals surface area contributed by atoms with E-state index in [1.165, 1.54) is 0 Å². The minimum Gasteiger partial charge on any atom is -0.396 e. The standard InChI is InChI=1S/C13H10BrN3S/c14-10-2-1-3-11(6-10)17-7-12(15)13(16-17)9-4-5-18-8-9/h1-8H,15H2. The third-order valence-electron chi connectivity index (χ3n) is 2.61. The van der Waals surface area contributed by atoms with E-state index in [1.807, 2.05) is 47.3 Å². The summed E-state index contributed by atoms with van der Waals surface area (Å²) < 4.78 is 2.82. The molecule has 0 spiro atoms. The van der Waals surface area contributed by atoms with Crippen LogP contribution >= 0.6 is 27.3 Å². The molecule has 0 aliphatic heterocycles. The molecule has 3 nitrogen and oxygen atoms in total. The molecule has 0 fully saturated rings. The molecule has 0 aliphatic rings. The van der Waals surface area contributed by atoms with Crippen molar-refractivity contribution in [1.29, 1.82) is 0 Å². The lowest BCUT2D eigenvalue weighted by atomic mass is 10.2. The number of hydrogen-bond donors (Lipinski definition) is 1. The summed E-state index contributed by atoms with van der Waals surface area (Å²) in [6.07, 6.45) is 1.84. The lowest BCUT2D eigenvalue weighted by Crippen LogP contribution is -1.94. The highest BCUT2D eigenvalue weighted by Crippen LogP contribution is 2.27. The van der Waals surface area contributed by atoms with E-state index in [-0.39, 0.29) is 0 Å². The second-order valence-electron chi connectivity index (χ2n) is 3.87. The third kappa shape index (κ3) is 2.07. The molecule has 90 valence electrons. The molecule has 0 radical (unpaired) electrons. The van der Waals surface area contributed by atoms with E-state index < -0.39 is 0 Å². The predicted molar refractivity (Wildman–Crippen MR) is 79.0 cm³/mol. The van der Waals surface area contributed by atoms with Crippen molar-refractivity contribution in [2.45, 2.75) is 0 Å². The fraction of sp³-hybridized carbons (Fsp3) is 0. The topological polar surface area (TPSA) is 43.8 Å². The van der Waals surface area contributed by atoms with Crippen molar-refractivity contribution in [3.05, 3.63) is 51.8 Å². The number of halogens is 1. The van der Waals surface area contributed by atoms with Gasteiger partial charge in [-0.05, 0) is 29.6 Å². The summed E-state index contributed by atoms with van der Waals surface area (Å²) in [4.78, 5) is 0. The Hall–Kier alpha value is -1.59. The normalized spacial score (nSPS) is 10.7. The van der Waals surface area contributed by atoms with Gasteiger partial charge in [0.25, 0.3) is 0 Å². The van der Waals surface area contributed by atoms with Gasteiger partial charge in [-0.15, -0.1) is 0 Å². The Labute approximate surface area is 117 Å². The van der Waals surface area contributed by atoms with Crippen LogP contribution in [0, 0.1) is 0 Å². The van der Waals surface area contributed by atoms with Crippen LogP contribution in [0.1, 0.15) is 0 Å². The molecule has 0 aliphatic carbocycles. The SMILES string of the molecule is Nc1cn(-c2cccc(Br)c2)nc1-c1ccsc1. The van der Waals surface area contributed by atoms with Crippen molar-refractivity contribution in [1.82, 2.24) is 9.78 Å². The molecule has 0 saturated heterocycles. The summed E-state index contributed by atoms with van der Waals surface area (Å²) in [5.74, 6) is 0. The van der Waals surface area contributed by atoms with Crippen molar-refractivity contribution in [3.8, 4) is 16.9 Å². The number of nitrogen functional groups attached to an aromatic ring is 1. The van der Waals surface area contributed by atoms with Crippen molar-refractivity contribution < 1.29 is 0 Å². The minimum absolute atomic E-state index is 0.688. The number of benzene rings is 1. The van der Waals surface area contributed by atoms with Gasteiger partial charge in [-0.1, -0.05) is 22.0 Å². The van der Waals surface area contributed by atoms with Gasteiger partial charge in [-0.2, -0.15) is 16.4 Å². The van der Waals surface area contributed by atoms with E-state index in [1.54, 1.807) is 16.0 Å². The summed E-state index contributed by atoms with van der Waals surface area (Å²) in [6, 6.07) is 9.98. The van der Waals surface area contributed by atoms with Crippen LogP contribution in [0.2, 0.25) is 0 Å². The Bertz CT molecular complexity index is 673. The second-order valence-corrected chi connectivity index (χ2v) is 5.57. The molecular formula is C13H10BrN3S. The molecule has 1 aromatic carbocycles. The van der Waals surface area contributed by atoms with Gasteiger partial charge in [-0.3, -0.25) is 0 Å². The fourth-order valence-corrected chi connectivity index (χ4v) is 2.79. The summed E-state index contributed by atoms with van der Waals surface area (Å²) >= 11 is 5.09. The highest BCUT2D eigenvalue weighted by molar-refractivity contribution is 9.10. The van der Waals surface area contributed by atoms with Gasteiger partial charge in [0.15, 0.2) is 0 Å². The van der Waals surface area contributed by atoms with Crippen molar-refractivity contribution in [3.63, 3.8) is 0 Å². The van der Waals surface area contributed by atoms with E-state index >= 15 is 0 Å². The number of nitrogens with two attached hydrogens (primary N) is 1. The predicted octanol–water partition coefficient (Wildman–Crippen LogP) is 3.95. The van der Waals surface area contributed by atoms with E-state index in [2.05, 4.69) is 21.0 Å². The van der Waals surface area contributed by atoms with E-state index in [4.69, 9.17) is 5.73 Å². The molecule has 0 bridgehead atoms. The van der Waals surface area contributed by atoms with E-state index in [9.17, 15) is 0 Å². The molecular weight excluding hydrogens is 310 g/mol. The molecule has 0 saturated carbocycles. The van der Waals surface area contributed by atoms with Crippen LogP contribution in [0.4, 0.5) is 5.69 Å². The molecule has 18 heavy (non-hydrogen) atoms. The van der Waals surface area contributed by atoms with Crippen LogP contribution in [0.15, 0.2) is 51.8 Å². The Morgan fingerprint density at radius 2 is 2.17 bits per heavy atom. The highest BCUT2D eigenvalue weighted by Gasteiger charge is 2.09. The summed E-state index contributed by atoms with van der Waals surface area (Å²) in [5, 5.41) is 8.61. The largest absolute Gasteiger partial charge is 0.396 e. The molecule has 3 aromatic rings. The van der Waals surface area contributed by atoms with Gasteiger partial charge >= 0.3 is 0 Å². The first-order valence-electron chi connectivity index (χ1n) is 5.38. The highest BCUT2D eigenvalue weighted by atomic mass is 79.9. The van der Waals surface area contributed by atoms with Gasteiger partial charge in [0.05, 0.1) is 17.6 Å². The molecule has 2 N–H and O–H groups in total. The van der Waals surface area contributed by atoms with Crippen molar-refractivity contribution in [2.75, 3.05) is 5.73 Å². The maximum atomic E-state index is 6.02. The van der Waals surface area contributed by atoms with Crippen LogP contribution in [0.3, 0.4) is 0 Å². The molecule has 0 amide bonds. The number of anilines is 1. The van der Waals surface area contributed by atoms with Crippen LogP contribution in [-0.4, -0.2) is 9.78 Å². The molecule has 5 heteroatoms. The fourth-order valence-electron chi connectivity index (χ4n) is 1.76. The average molecular weight is 320 g/mol. The van der Waals surface area contributed by atoms with Gasteiger partial charge in [-0.25, -0.2) is 4.68 Å². The van der Waals surface area contributed by atoms with Gasteiger partial charge < -0.3 is 5.73 Å². The smallest absolute Gasteiger partial charge is 0.116 e. The lowest BCUT2D eigenvalue weighted by Gasteiger charge is -2.00. The zero-order valence-electron chi connectivity index (χ0n) is 9.38. The molecule has 0 unspecified atom stereocenters. The first-order valence-corrected chi connectivity index (χ1v) is 7.11. The summed E-state index contributed by atoms with van der Waals surface area (Å²) in [5.41, 5.74) is 9.58.